The van der Waals surface area contributed by atoms with E-state index in [-0.39, 0.29) is 13.5 Å². The van der Waals surface area contributed by atoms with E-state index in [1.807, 2.05) is 6.07 Å². The van der Waals surface area contributed by atoms with Gasteiger partial charge in [0.1, 0.15) is 0 Å². The van der Waals surface area contributed by atoms with Crippen molar-refractivity contribution in [1.82, 2.24) is 10.2 Å². The minimum Gasteiger partial charge on any atom is -0.286 e. The number of nitrogens with zero attached hydrogens (tertiary/aromatic N) is 1. The summed E-state index contributed by atoms with van der Waals surface area (Å²) in [4.78, 5) is 0. The Bertz CT molecular complexity index is 78.0. The number of aromatic nitrogens is 2. The van der Waals surface area contributed by atoms with Crippen LogP contribution in [0.3, 0.4) is 0 Å². The van der Waals surface area contributed by atoms with Crippen molar-refractivity contribution in [3.63, 3.8) is 0 Å². The van der Waals surface area contributed by atoms with E-state index in [9.17, 15) is 0 Å². The van der Waals surface area contributed by atoms with Gasteiger partial charge < -0.3 is 0 Å². The van der Waals surface area contributed by atoms with Crippen LogP contribution in [0.5, 0.6) is 0 Å². The molecule has 2 nitrogen and oxygen atoms in total. The van der Waals surface area contributed by atoms with Crippen LogP contribution in [0.2, 0.25) is 0 Å². The zero-order valence-corrected chi connectivity index (χ0v) is 6.89. The first-order valence-electron chi connectivity index (χ1n) is 2.85. The molecule has 0 saturated heterocycles. The van der Waals surface area contributed by atoms with Crippen LogP contribution < -0.4 is 0 Å². The van der Waals surface area contributed by atoms with Gasteiger partial charge in [-0.2, -0.15) is 18.6 Å². The molecule has 0 unspecified atom stereocenters. The van der Waals surface area contributed by atoms with E-state index >= 15 is 0 Å². The topological polar surface area (TPSA) is 28.7 Å². The van der Waals surface area contributed by atoms with Crippen molar-refractivity contribution >= 4 is 13.5 Å². The number of rotatable bonds is 0. The van der Waals surface area contributed by atoms with Gasteiger partial charge in [-0.3, -0.25) is 5.10 Å². The fourth-order valence-corrected chi connectivity index (χ4v) is 0.215. The highest BCUT2D eigenvalue weighted by Crippen LogP contribution is 1.64. The van der Waals surface area contributed by atoms with Gasteiger partial charge in [0.15, 0.2) is 0 Å². The van der Waals surface area contributed by atoms with Gasteiger partial charge in [-0.25, -0.2) is 0 Å². The van der Waals surface area contributed by atoms with E-state index in [0.29, 0.717) is 0 Å². The van der Waals surface area contributed by atoms with Gasteiger partial charge in [-0.15, -0.1) is 0 Å². The van der Waals surface area contributed by atoms with Gasteiger partial charge in [0, 0.05) is 12.4 Å². The minimum absolute atomic E-state index is 0. The Balaban J connectivity index is 0. The summed E-state index contributed by atoms with van der Waals surface area (Å²) in [6.45, 7) is 4.25. The fourth-order valence-electron chi connectivity index (χ4n) is 0.215. The molecular weight excluding hydrogens is 132 g/mol. The molecule has 54 valence electrons. The molecule has 1 heterocycles. The number of aromatic amines is 1. The Labute approximate surface area is 63.1 Å². The first-order chi connectivity index (χ1) is 3.91. The van der Waals surface area contributed by atoms with Crippen molar-refractivity contribution in [1.29, 1.82) is 0 Å². The van der Waals surface area contributed by atoms with Crippen LogP contribution in [0, 0.1) is 0 Å². The second-order valence-corrected chi connectivity index (χ2v) is 1.47. The zero-order chi connectivity index (χ0) is 6.24. The number of hydrogen-bond acceptors (Lipinski definition) is 1. The van der Waals surface area contributed by atoms with Crippen LogP contribution in [0.4, 0.5) is 0 Å². The lowest BCUT2D eigenvalue weighted by Crippen LogP contribution is -1.53. The molecule has 0 saturated carbocycles. The molecule has 1 aromatic heterocycles. The third-order valence-electron chi connectivity index (χ3n) is 0.406. The van der Waals surface area contributed by atoms with E-state index in [1.54, 1.807) is 12.4 Å². The van der Waals surface area contributed by atoms with Crippen molar-refractivity contribution in [2.24, 2.45) is 0 Å². The van der Waals surface area contributed by atoms with E-state index in [1.165, 1.54) is 6.42 Å². The summed E-state index contributed by atoms with van der Waals surface area (Å²) >= 11 is 0. The van der Waals surface area contributed by atoms with Crippen molar-refractivity contribution in [3.8, 4) is 0 Å². The number of hydrogen-bond donors (Lipinski definition) is 1. The maximum Gasteiger partial charge on any atom is 0.0487 e. The normalized spacial score (nSPS) is 6.44. The highest BCUT2D eigenvalue weighted by molar-refractivity contribution is 7.59. The van der Waals surface area contributed by atoms with Crippen LogP contribution >= 0.6 is 13.5 Å². The summed E-state index contributed by atoms with van der Waals surface area (Å²) in [5.74, 6) is 0. The van der Waals surface area contributed by atoms with Gasteiger partial charge >= 0.3 is 0 Å². The van der Waals surface area contributed by atoms with Crippen LogP contribution in [0.15, 0.2) is 18.5 Å². The Morgan fingerprint density at radius 3 is 2.11 bits per heavy atom. The van der Waals surface area contributed by atoms with Crippen LogP contribution in [0.25, 0.3) is 0 Å². The molecule has 9 heavy (non-hydrogen) atoms. The lowest BCUT2D eigenvalue weighted by Gasteiger charge is -1.49. The fraction of sp³-hybridized carbons (Fsp3) is 0.500. The molecule has 0 aliphatic rings. The SMILES string of the molecule is CCC.S.c1cn[nH]c1. The number of nitrogens with one attached hydrogen (secondary N) is 1. The molecule has 0 atom stereocenters. The molecule has 0 amide bonds. The number of H-pyrrole nitrogens is 1. The Morgan fingerprint density at radius 2 is 2.00 bits per heavy atom. The third kappa shape index (κ3) is 11.2. The lowest BCUT2D eigenvalue weighted by atomic mass is 10.6. The standard InChI is InChI=1S/C3H4N2.C3H8.H2S/c1-2-4-5-3-1;1-3-2;/h1-3H,(H,4,5);3H2,1-2H3;1H2. The predicted octanol–water partition coefficient (Wildman–Crippen LogP) is 1.94. The zero-order valence-electron chi connectivity index (χ0n) is 5.89. The van der Waals surface area contributed by atoms with Gasteiger partial charge in [-0.05, 0) is 6.07 Å². The smallest absolute Gasteiger partial charge is 0.0487 e. The molecule has 0 aliphatic heterocycles. The van der Waals surface area contributed by atoms with Crippen LogP contribution in [-0.4, -0.2) is 10.2 Å². The molecule has 0 fully saturated rings. The summed E-state index contributed by atoms with van der Waals surface area (Å²) in [5.41, 5.74) is 0. The summed E-state index contributed by atoms with van der Waals surface area (Å²) in [5, 5.41) is 6.21. The molecule has 0 bridgehead atoms. The molecule has 0 aliphatic carbocycles. The largest absolute Gasteiger partial charge is 0.286 e. The van der Waals surface area contributed by atoms with Crippen molar-refractivity contribution < 1.29 is 0 Å². The Kier molecular flexibility index (Phi) is 13.3. The average Bonchev–Trinajstić information content (AvgIpc) is 2.17. The molecule has 1 aromatic rings. The molecule has 0 spiro atoms. The molecule has 1 N–H and O–H groups in total. The van der Waals surface area contributed by atoms with Crippen LogP contribution in [-0.2, 0) is 0 Å². The first-order valence-corrected chi connectivity index (χ1v) is 2.85. The molecular formula is C6H14N2S. The van der Waals surface area contributed by atoms with Gasteiger partial charge in [-0.1, -0.05) is 20.3 Å². The second kappa shape index (κ2) is 10.5. The molecule has 1 rings (SSSR count). The van der Waals surface area contributed by atoms with Gasteiger partial charge in [0.25, 0.3) is 0 Å². The van der Waals surface area contributed by atoms with E-state index in [4.69, 9.17) is 0 Å². The summed E-state index contributed by atoms with van der Waals surface area (Å²) in [6, 6.07) is 1.83. The van der Waals surface area contributed by atoms with Gasteiger partial charge in [0.2, 0.25) is 0 Å². The Morgan fingerprint density at radius 1 is 1.44 bits per heavy atom. The maximum atomic E-state index is 3.60. The van der Waals surface area contributed by atoms with Crippen molar-refractivity contribution in [2.45, 2.75) is 20.3 Å². The highest BCUT2D eigenvalue weighted by Gasteiger charge is 1.56. The second-order valence-electron chi connectivity index (χ2n) is 1.47. The molecule has 0 aromatic carbocycles. The first kappa shape index (κ1) is 11.4. The quantitative estimate of drug-likeness (QED) is 0.595. The molecule has 3 heteroatoms. The highest BCUT2D eigenvalue weighted by atomic mass is 32.1. The average molecular weight is 146 g/mol. The van der Waals surface area contributed by atoms with E-state index in [2.05, 4.69) is 24.0 Å². The summed E-state index contributed by atoms with van der Waals surface area (Å²) < 4.78 is 0. The summed E-state index contributed by atoms with van der Waals surface area (Å²) in [6.07, 6.45) is 4.71. The Hall–Kier alpha value is -0.440. The summed E-state index contributed by atoms with van der Waals surface area (Å²) in [7, 11) is 0. The third-order valence-corrected chi connectivity index (χ3v) is 0.406. The van der Waals surface area contributed by atoms with Gasteiger partial charge in [0.05, 0.1) is 0 Å². The minimum atomic E-state index is 0. The predicted molar refractivity (Wildman–Crippen MR) is 44.9 cm³/mol. The van der Waals surface area contributed by atoms with Crippen molar-refractivity contribution in [2.75, 3.05) is 0 Å². The van der Waals surface area contributed by atoms with E-state index in [0.717, 1.165) is 0 Å². The van der Waals surface area contributed by atoms with Crippen molar-refractivity contribution in [3.05, 3.63) is 18.5 Å². The molecule has 0 radical (unpaired) electrons. The van der Waals surface area contributed by atoms with Crippen LogP contribution in [0.1, 0.15) is 20.3 Å². The monoisotopic (exact) mass is 146 g/mol. The van der Waals surface area contributed by atoms with E-state index < -0.39 is 0 Å². The lowest BCUT2D eigenvalue weighted by molar-refractivity contribution is 1.09. The maximum absolute atomic E-state index is 3.60.